The van der Waals surface area contributed by atoms with E-state index in [1.807, 2.05) is 16.8 Å². The van der Waals surface area contributed by atoms with Gasteiger partial charge in [0.05, 0.1) is 17.3 Å². The smallest absolute Gasteiger partial charge is 0.322 e. The molecule has 1 unspecified atom stereocenters. The topological polar surface area (TPSA) is 38.9 Å². The molecule has 2 aromatic rings. The maximum absolute atomic E-state index is 12.4. The van der Waals surface area contributed by atoms with Gasteiger partial charge in [-0.3, -0.25) is 4.98 Å². The average molecular weight is 272 g/mol. The lowest BCUT2D eigenvalue weighted by Gasteiger charge is -2.11. The van der Waals surface area contributed by atoms with Crippen LogP contribution < -0.4 is 5.73 Å². The van der Waals surface area contributed by atoms with Gasteiger partial charge >= 0.3 is 6.18 Å². The third kappa shape index (κ3) is 3.08. The number of alkyl halides is 3. The number of hydrogen-bond donors (Lipinski definition) is 1. The molecule has 2 nitrogen and oxygen atoms in total. The van der Waals surface area contributed by atoms with E-state index >= 15 is 0 Å². The molecule has 0 aromatic carbocycles. The normalized spacial score (nSPS) is 13.6. The quantitative estimate of drug-likeness (QED) is 0.930. The molecule has 0 amide bonds. The van der Waals surface area contributed by atoms with Crippen molar-refractivity contribution in [3.05, 3.63) is 52.0 Å². The zero-order valence-corrected chi connectivity index (χ0v) is 10.1. The van der Waals surface area contributed by atoms with Crippen LogP contribution in [0.25, 0.3) is 0 Å². The Bertz CT molecular complexity index is 491. The van der Waals surface area contributed by atoms with Crippen LogP contribution in [0, 0.1) is 0 Å². The zero-order chi connectivity index (χ0) is 13.2. The highest BCUT2D eigenvalue weighted by atomic mass is 32.1. The predicted octanol–water partition coefficient (Wildman–Crippen LogP) is 3.40. The molecule has 2 heterocycles. The van der Waals surface area contributed by atoms with Crippen molar-refractivity contribution in [2.75, 3.05) is 0 Å². The van der Waals surface area contributed by atoms with Gasteiger partial charge in [0.1, 0.15) is 0 Å². The summed E-state index contributed by atoms with van der Waals surface area (Å²) >= 11 is 1.56. The summed E-state index contributed by atoms with van der Waals surface area (Å²) in [7, 11) is 0. The predicted molar refractivity (Wildman–Crippen MR) is 64.2 cm³/mol. The van der Waals surface area contributed by atoms with Crippen molar-refractivity contribution in [1.82, 2.24) is 4.98 Å². The molecule has 2 aromatic heterocycles. The second-order valence-corrected chi connectivity index (χ2v) is 4.69. The fourth-order valence-electron chi connectivity index (χ4n) is 1.56. The van der Waals surface area contributed by atoms with Crippen LogP contribution in [0.3, 0.4) is 0 Å². The van der Waals surface area contributed by atoms with Crippen LogP contribution in [0.5, 0.6) is 0 Å². The zero-order valence-electron chi connectivity index (χ0n) is 9.32. The molecule has 0 fully saturated rings. The molecule has 0 aliphatic carbocycles. The standard InChI is InChI=1S/C12H11F3N2S/c13-12(14,15)9-1-2-11(17-6-9)10(16)5-8-3-4-18-7-8/h1-4,6-7,10H,5,16H2. The molecule has 0 radical (unpaired) electrons. The summed E-state index contributed by atoms with van der Waals surface area (Å²) in [4.78, 5) is 3.78. The number of halogens is 3. The fourth-order valence-corrected chi connectivity index (χ4v) is 2.24. The summed E-state index contributed by atoms with van der Waals surface area (Å²) in [6.07, 6.45) is -2.96. The van der Waals surface area contributed by atoms with Crippen LogP contribution in [-0.4, -0.2) is 4.98 Å². The van der Waals surface area contributed by atoms with Crippen molar-refractivity contribution >= 4 is 11.3 Å². The summed E-state index contributed by atoms with van der Waals surface area (Å²) in [5.41, 5.74) is 6.68. The van der Waals surface area contributed by atoms with Crippen LogP contribution in [0.4, 0.5) is 13.2 Å². The SMILES string of the molecule is NC(Cc1ccsc1)c1ccc(C(F)(F)F)cn1. The first-order valence-electron chi connectivity index (χ1n) is 5.26. The highest BCUT2D eigenvalue weighted by Gasteiger charge is 2.30. The minimum atomic E-state index is -4.36. The van der Waals surface area contributed by atoms with Crippen LogP contribution in [0.1, 0.15) is 22.9 Å². The van der Waals surface area contributed by atoms with E-state index in [0.717, 1.165) is 17.8 Å². The lowest BCUT2D eigenvalue weighted by atomic mass is 10.1. The van der Waals surface area contributed by atoms with Gasteiger partial charge in [-0.1, -0.05) is 0 Å². The number of hydrogen-bond acceptors (Lipinski definition) is 3. The molecule has 0 bridgehead atoms. The van der Waals surface area contributed by atoms with Gasteiger partial charge in [0.15, 0.2) is 0 Å². The molecule has 2 N–H and O–H groups in total. The first kappa shape index (κ1) is 13.0. The lowest BCUT2D eigenvalue weighted by molar-refractivity contribution is -0.137. The molecule has 18 heavy (non-hydrogen) atoms. The Morgan fingerprint density at radius 3 is 2.56 bits per heavy atom. The van der Waals surface area contributed by atoms with Crippen molar-refractivity contribution in [3.8, 4) is 0 Å². The number of aromatic nitrogens is 1. The molecule has 0 aliphatic heterocycles. The Kier molecular flexibility index (Phi) is 3.68. The molecular formula is C12H11F3N2S. The van der Waals surface area contributed by atoms with Crippen LogP contribution in [0.15, 0.2) is 35.2 Å². The molecule has 6 heteroatoms. The van der Waals surface area contributed by atoms with E-state index in [2.05, 4.69) is 4.98 Å². The van der Waals surface area contributed by atoms with E-state index in [0.29, 0.717) is 12.1 Å². The number of nitrogens with two attached hydrogens (primary N) is 1. The molecule has 0 saturated carbocycles. The number of thiophene rings is 1. The Hall–Kier alpha value is -1.40. The second kappa shape index (κ2) is 5.07. The maximum Gasteiger partial charge on any atom is 0.417 e. The lowest BCUT2D eigenvalue weighted by Crippen LogP contribution is -2.15. The largest absolute Gasteiger partial charge is 0.417 e. The van der Waals surface area contributed by atoms with Gasteiger partial charge in [-0.05, 0) is 40.9 Å². The van der Waals surface area contributed by atoms with E-state index in [9.17, 15) is 13.2 Å². The van der Waals surface area contributed by atoms with Crippen molar-refractivity contribution in [1.29, 1.82) is 0 Å². The van der Waals surface area contributed by atoms with Crippen LogP contribution in [0.2, 0.25) is 0 Å². The number of rotatable bonds is 3. The van der Waals surface area contributed by atoms with Crippen LogP contribution >= 0.6 is 11.3 Å². The summed E-state index contributed by atoms with van der Waals surface area (Å²) in [5.74, 6) is 0. The average Bonchev–Trinajstić information content (AvgIpc) is 2.81. The Morgan fingerprint density at radius 2 is 2.06 bits per heavy atom. The summed E-state index contributed by atoms with van der Waals surface area (Å²) in [6.45, 7) is 0. The van der Waals surface area contributed by atoms with E-state index < -0.39 is 11.7 Å². The Balaban J connectivity index is 2.10. The minimum absolute atomic E-state index is 0.387. The van der Waals surface area contributed by atoms with Crippen molar-refractivity contribution in [2.45, 2.75) is 18.6 Å². The third-order valence-electron chi connectivity index (χ3n) is 2.53. The first-order valence-corrected chi connectivity index (χ1v) is 6.21. The second-order valence-electron chi connectivity index (χ2n) is 3.91. The fraction of sp³-hybridized carbons (Fsp3) is 0.250. The van der Waals surface area contributed by atoms with Gasteiger partial charge in [-0.2, -0.15) is 24.5 Å². The van der Waals surface area contributed by atoms with E-state index in [-0.39, 0.29) is 6.04 Å². The summed E-state index contributed by atoms with van der Waals surface area (Å²) in [5, 5.41) is 3.90. The Labute approximate surface area is 106 Å². The highest BCUT2D eigenvalue weighted by molar-refractivity contribution is 7.07. The van der Waals surface area contributed by atoms with E-state index in [4.69, 9.17) is 5.73 Å². The van der Waals surface area contributed by atoms with Gasteiger partial charge in [0, 0.05) is 6.20 Å². The van der Waals surface area contributed by atoms with Gasteiger partial charge < -0.3 is 5.73 Å². The van der Waals surface area contributed by atoms with Crippen molar-refractivity contribution < 1.29 is 13.2 Å². The molecule has 1 atom stereocenters. The van der Waals surface area contributed by atoms with Gasteiger partial charge in [-0.15, -0.1) is 0 Å². The highest BCUT2D eigenvalue weighted by Crippen LogP contribution is 2.29. The van der Waals surface area contributed by atoms with E-state index in [1.54, 1.807) is 11.3 Å². The van der Waals surface area contributed by atoms with Crippen LogP contribution in [-0.2, 0) is 12.6 Å². The first-order chi connectivity index (χ1) is 8.47. The maximum atomic E-state index is 12.4. The van der Waals surface area contributed by atoms with Gasteiger partial charge in [0.25, 0.3) is 0 Å². The van der Waals surface area contributed by atoms with Crippen molar-refractivity contribution in [2.24, 2.45) is 5.73 Å². The monoisotopic (exact) mass is 272 g/mol. The summed E-state index contributed by atoms with van der Waals surface area (Å²) < 4.78 is 37.1. The number of nitrogens with zero attached hydrogens (tertiary/aromatic N) is 1. The van der Waals surface area contributed by atoms with Crippen molar-refractivity contribution in [3.63, 3.8) is 0 Å². The third-order valence-corrected chi connectivity index (χ3v) is 3.26. The van der Waals surface area contributed by atoms with E-state index in [1.165, 1.54) is 6.07 Å². The van der Waals surface area contributed by atoms with Gasteiger partial charge in [0.2, 0.25) is 0 Å². The number of pyridine rings is 1. The molecular weight excluding hydrogens is 261 g/mol. The Morgan fingerprint density at radius 1 is 1.28 bits per heavy atom. The minimum Gasteiger partial charge on any atom is -0.322 e. The molecule has 0 spiro atoms. The summed E-state index contributed by atoms with van der Waals surface area (Å²) in [6, 6.07) is 3.89. The molecule has 2 rings (SSSR count). The molecule has 0 saturated heterocycles. The van der Waals surface area contributed by atoms with Gasteiger partial charge in [-0.25, -0.2) is 0 Å². The molecule has 0 aliphatic rings. The molecule has 96 valence electrons.